The Bertz CT molecular complexity index is 960. The van der Waals surface area contributed by atoms with Gasteiger partial charge in [-0.3, -0.25) is 14.2 Å². The number of methoxy groups -OCH3 is 1. The molecule has 6 nitrogen and oxygen atoms in total. The van der Waals surface area contributed by atoms with Gasteiger partial charge in [-0.2, -0.15) is 0 Å². The highest BCUT2D eigenvalue weighted by molar-refractivity contribution is 7.18. The van der Waals surface area contributed by atoms with Gasteiger partial charge >= 0.3 is 0 Å². The molecular weight excluding hydrogens is 338 g/mol. The molecule has 7 heteroatoms. The first kappa shape index (κ1) is 17.2. The summed E-state index contributed by atoms with van der Waals surface area (Å²) in [6.45, 7) is 3.72. The van der Waals surface area contributed by atoms with E-state index in [0.29, 0.717) is 21.7 Å². The van der Waals surface area contributed by atoms with Crippen LogP contribution in [0.5, 0.6) is 5.75 Å². The lowest BCUT2D eigenvalue weighted by Gasteiger charge is -2.15. The maximum atomic E-state index is 12.7. The van der Waals surface area contributed by atoms with Gasteiger partial charge in [0, 0.05) is 10.6 Å². The molecule has 25 heavy (non-hydrogen) atoms. The van der Waals surface area contributed by atoms with Crippen LogP contribution in [0, 0.1) is 0 Å². The Morgan fingerprint density at radius 3 is 2.72 bits per heavy atom. The highest BCUT2D eigenvalue weighted by atomic mass is 32.1. The number of aromatic nitrogens is 2. The third kappa shape index (κ3) is 3.41. The molecule has 0 bridgehead atoms. The summed E-state index contributed by atoms with van der Waals surface area (Å²) in [7, 11) is 1.58. The molecule has 0 aliphatic carbocycles. The van der Waals surface area contributed by atoms with Crippen LogP contribution in [0.15, 0.2) is 41.5 Å². The molecule has 130 valence electrons. The van der Waals surface area contributed by atoms with Crippen LogP contribution in [0.2, 0.25) is 0 Å². The topological polar surface area (TPSA) is 73.2 Å². The Labute approximate surface area is 149 Å². The zero-order chi connectivity index (χ0) is 18.0. The van der Waals surface area contributed by atoms with Crippen LogP contribution in [-0.4, -0.2) is 22.6 Å². The number of hydrogen-bond acceptors (Lipinski definition) is 5. The molecule has 1 unspecified atom stereocenters. The van der Waals surface area contributed by atoms with Crippen LogP contribution in [0.4, 0.5) is 5.69 Å². The average molecular weight is 357 g/mol. The number of benzene rings is 1. The second kappa shape index (κ2) is 7.06. The number of carbonyl (C=O) groups is 1. The third-order valence-electron chi connectivity index (χ3n) is 4.03. The predicted octanol–water partition coefficient (Wildman–Crippen LogP) is 3.23. The summed E-state index contributed by atoms with van der Waals surface area (Å²) < 4.78 is 6.46. The van der Waals surface area contributed by atoms with Crippen molar-refractivity contribution in [2.24, 2.45) is 0 Å². The number of hydrogen-bond donors (Lipinski definition) is 1. The van der Waals surface area contributed by atoms with E-state index < -0.39 is 6.04 Å². The number of aryl methyl sites for hydroxylation is 1. The number of nitrogens with one attached hydrogen (secondary N) is 1. The smallest absolute Gasteiger partial charge is 0.262 e. The van der Waals surface area contributed by atoms with Crippen LogP contribution in [0.1, 0.15) is 24.8 Å². The largest absolute Gasteiger partial charge is 0.497 e. The molecule has 0 spiro atoms. The number of carbonyl (C=O) groups excluding carboxylic acids is 1. The second-order valence-corrected chi connectivity index (χ2v) is 6.75. The number of fused-ring (bicyclic) bond motifs is 1. The van der Waals surface area contributed by atoms with Gasteiger partial charge in [0.05, 0.1) is 18.8 Å². The van der Waals surface area contributed by atoms with Gasteiger partial charge in [-0.15, -0.1) is 11.3 Å². The molecule has 1 amide bonds. The Hall–Kier alpha value is -2.67. The van der Waals surface area contributed by atoms with E-state index in [-0.39, 0.29) is 11.5 Å². The minimum atomic E-state index is -0.670. The lowest BCUT2D eigenvalue weighted by atomic mass is 10.2. The van der Waals surface area contributed by atoms with Crippen molar-refractivity contribution in [3.8, 4) is 5.75 Å². The summed E-state index contributed by atoms with van der Waals surface area (Å²) >= 11 is 1.51. The van der Waals surface area contributed by atoms with Crippen molar-refractivity contribution in [3.05, 3.63) is 51.9 Å². The Morgan fingerprint density at radius 2 is 2.08 bits per heavy atom. The monoisotopic (exact) mass is 357 g/mol. The number of thiophene rings is 1. The molecule has 2 aromatic heterocycles. The fourth-order valence-corrected chi connectivity index (χ4v) is 3.41. The second-order valence-electron chi connectivity index (χ2n) is 5.64. The Kier molecular flexibility index (Phi) is 4.85. The third-order valence-corrected chi connectivity index (χ3v) is 5.22. The predicted molar refractivity (Wildman–Crippen MR) is 99.6 cm³/mol. The molecule has 0 saturated carbocycles. The van der Waals surface area contributed by atoms with E-state index in [4.69, 9.17) is 4.74 Å². The van der Waals surface area contributed by atoms with E-state index in [2.05, 4.69) is 10.3 Å². The molecule has 1 atom stereocenters. The van der Waals surface area contributed by atoms with Crippen molar-refractivity contribution >= 4 is 33.1 Å². The summed E-state index contributed by atoms with van der Waals surface area (Å²) in [6.07, 6.45) is 2.30. The number of ether oxygens (including phenoxy) is 1. The van der Waals surface area contributed by atoms with Crippen molar-refractivity contribution in [3.63, 3.8) is 0 Å². The standard InChI is InChI=1S/C18H19N3O3S/c1-4-14-9-15-17(25-14)19-10-21(18(15)23)11(2)16(22)20-12-5-7-13(24-3)8-6-12/h5-11H,4H2,1-3H3,(H,20,22). The van der Waals surface area contributed by atoms with Crippen molar-refractivity contribution in [1.82, 2.24) is 9.55 Å². The lowest BCUT2D eigenvalue weighted by Crippen LogP contribution is -2.31. The SMILES string of the molecule is CCc1cc2c(=O)n(C(C)C(=O)Nc3ccc(OC)cc3)cnc2s1. The van der Waals surface area contributed by atoms with Gasteiger partial charge in [0.1, 0.15) is 16.6 Å². The Balaban J connectivity index is 1.84. The highest BCUT2D eigenvalue weighted by Gasteiger charge is 2.18. The van der Waals surface area contributed by atoms with E-state index in [1.807, 2.05) is 13.0 Å². The lowest BCUT2D eigenvalue weighted by molar-refractivity contribution is -0.118. The van der Waals surface area contributed by atoms with E-state index in [1.54, 1.807) is 38.3 Å². The molecule has 3 aromatic rings. The van der Waals surface area contributed by atoms with Gasteiger partial charge in [0.15, 0.2) is 0 Å². The van der Waals surface area contributed by atoms with E-state index >= 15 is 0 Å². The zero-order valence-electron chi connectivity index (χ0n) is 14.3. The number of rotatable bonds is 5. The zero-order valence-corrected chi connectivity index (χ0v) is 15.1. The normalized spacial score (nSPS) is 12.1. The molecule has 1 N–H and O–H groups in total. The van der Waals surface area contributed by atoms with E-state index in [1.165, 1.54) is 22.2 Å². The van der Waals surface area contributed by atoms with Gasteiger partial charge in [-0.25, -0.2) is 4.98 Å². The summed E-state index contributed by atoms with van der Waals surface area (Å²) in [5, 5.41) is 3.37. The first-order valence-electron chi connectivity index (χ1n) is 7.98. The Morgan fingerprint density at radius 1 is 1.36 bits per heavy atom. The summed E-state index contributed by atoms with van der Waals surface area (Å²) in [5.74, 6) is 0.431. The van der Waals surface area contributed by atoms with E-state index in [0.717, 1.165) is 11.3 Å². The maximum Gasteiger partial charge on any atom is 0.262 e. The number of anilines is 1. The number of nitrogens with zero attached hydrogens (tertiary/aromatic N) is 2. The highest BCUT2D eigenvalue weighted by Crippen LogP contribution is 2.22. The molecule has 0 radical (unpaired) electrons. The van der Waals surface area contributed by atoms with Gasteiger partial charge in [0.2, 0.25) is 5.91 Å². The molecular formula is C18H19N3O3S. The minimum absolute atomic E-state index is 0.196. The molecule has 0 saturated heterocycles. The fourth-order valence-electron chi connectivity index (χ4n) is 2.48. The van der Waals surface area contributed by atoms with Crippen LogP contribution < -0.4 is 15.6 Å². The number of amides is 1. The van der Waals surface area contributed by atoms with Crippen LogP contribution >= 0.6 is 11.3 Å². The summed E-state index contributed by atoms with van der Waals surface area (Å²) in [6, 6.07) is 8.21. The van der Waals surface area contributed by atoms with Gasteiger partial charge in [-0.05, 0) is 43.7 Å². The van der Waals surface area contributed by atoms with Crippen molar-refractivity contribution in [2.45, 2.75) is 26.3 Å². The fraction of sp³-hybridized carbons (Fsp3) is 0.278. The van der Waals surface area contributed by atoms with Crippen LogP contribution in [0.25, 0.3) is 10.2 Å². The quantitative estimate of drug-likeness (QED) is 0.761. The van der Waals surface area contributed by atoms with E-state index in [9.17, 15) is 9.59 Å². The molecule has 1 aromatic carbocycles. The molecule has 0 fully saturated rings. The van der Waals surface area contributed by atoms with Crippen molar-refractivity contribution in [1.29, 1.82) is 0 Å². The van der Waals surface area contributed by atoms with Crippen LogP contribution in [-0.2, 0) is 11.2 Å². The molecule has 3 rings (SSSR count). The van der Waals surface area contributed by atoms with Gasteiger partial charge < -0.3 is 10.1 Å². The minimum Gasteiger partial charge on any atom is -0.497 e. The van der Waals surface area contributed by atoms with Crippen LogP contribution in [0.3, 0.4) is 0 Å². The first-order valence-corrected chi connectivity index (χ1v) is 8.79. The van der Waals surface area contributed by atoms with Gasteiger partial charge in [0.25, 0.3) is 5.56 Å². The van der Waals surface area contributed by atoms with Gasteiger partial charge in [-0.1, -0.05) is 6.92 Å². The maximum absolute atomic E-state index is 12.7. The van der Waals surface area contributed by atoms with Crippen molar-refractivity contribution < 1.29 is 9.53 Å². The summed E-state index contributed by atoms with van der Waals surface area (Å²) in [4.78, 5) is 31.3. The van der Waals surface area contributed by atoms with Crippen molar-refractivity contribution in [2.75, 3.05) is 12.4 Å². The summed E-state index contributed by atoms with van der Waals surface area (Å²) in [5.41, 5.74) is 0.446. The average Bonchev–Trinajstić information content (AvgIpc) is 3.06. The molecule has 0 aliphatic rings. The first-order chi connectivity index (χ1) is 12.0. The molecule has 0 aliphatic heterocycles. The molecule has 2 heterocycles.